The third-order valence-corrected chi connectivity index (χ3v) is 5.67. The number of ether oxygens (including phenoxy) is 1. The molecule has 0 radical (unpaired) electrons. The van der Waals surface area contributed by atoms with Gasteiger partial charge in [0.25, 0.3) is 0 Å². The molecule has 0 aliphatic heterocycles. The van der Waals surface area contributed by atoms with Gasteiger partial charge >= 0.3 is 20.2 Å². The number of hydrogen-bond acceptors (Lipinski definition) is 6. The molecule has 0 aliphatic rings. The van der Waals surface area contributed by atoms with Crippen LogP contribution in [0.4, 0.5) is 17.6 Å². The van der Waals surface area contributed by atoms with Crippen molar-refractivity contribution in [1.29, 1.82) is 0 Å². The highest BCUT2D eigenvalue weighted by atomic mass is 32.2. The fraction of sp³-hybridized carbons (Fsp3) is 0.125. The van der Waals surface area contributed by atoms with E-state index in [2.05, 4.69) is 11.3 Å². The molecule has 2 rings (SSSR count). The molecule has 29 heavy (non-hydrogen) atoms. The molecule has 0 heterocycles. The van der Waals surface area contributed by atoms with E-state index >= 15 is 0 Å². The van der Waals surface area contributed by atoms with Crippen molar-refractivity contribution in [1.82, 2.24) is 0 Å². The molecular weight excluding hydrogens is 444 g/mol. The lowest BCUT2D eigenvalue weighted by Gasteiger charge is -2.17. The molecule has 0 aliphatic carbocycles. The van der Waals surface area contributed by atoms with Crippen molar-refractivity contribution < 1.29 is 47.9 Å². The van der Waals surface area contributed by atoms with Crippen LogP contribution in [0.15, 0.2) is 35.7 Å². The average molecular weight is 456 g/mol. The van der Waals surface area contributed by atoms with Gasteiger partial charge in [0.05, 0.1) is 0 Å². The molecule has 0 spiro atoms. The summed E-state index contributed by atoms with van der Waals surface area (Å²) >= 11 is 0. The van der Waals surface area contributed by atoms with Gasteiger partial charge in [-0.2, -0.15) is 25.6 Å². The van der Waals surface area contributed by atoms with E-state index in [1.165, 1.54) is 30.3 Å². The van der Waals surface area contributed by atoms with Crippen molar-refractivity contribution in [3.63, 3.8) is 0 Å². The zero-order valence-electron chi connectivity index (χ0n) is 14.4. The molecule has 1 N–H and O–H groups in total. The van der Waals surface area contributed by atoms with Gasteiger partial charge in [-0.3, -0.25) is 4.55 Å². The Labute approximate surface area is 163 Å². The van der Waals surface area contributed by atoms with Crippen molar-refractivity contribution in [3.8, 4) is 11.5 Å². The largest absolute Gasteiger partial charge is 0.465 e. The van der Waals surface area contributed by atoms with Crippen LogP contribution >= 0.6 is 0 Å². The Morgan fingerprint density at radius 2 is 1.45 bits per heavy atom. The summed E-state index contributed by atoms with van der Waals surface area (Å²) in [6.45, 7) is 4.25. The molecule has 2 aromatic rings. The van der Waals surface area contributed by atoms with Gasteiger partial charge in [0.1, 0.15) is 5.75 Å². The third-order valence-electron chi connectivity index (χ3n) is 3.46. The topological polar surface area (TPSA) is 107 Å². The molecular formula is C16H12F4O7S2. The fourth-order valence-corrected chi connectivity index (χ4v) is 3.37. The van der Waals surface area contributed by atoms with Crippen molar-refractivity contribution in [2.45, 2.75) is 17.3 Å². The van der Waals surface area contributed by atoms with Crippen LogP contribution in [0.3, 0.4) is 0 Å². The maximum absolute atomic E-state index is 14.0. The molecule has 1 unspecified atom stereocenters. The van der Waals surface area contributed by atoms with Crippen molar-refractivity contribution in [2.24, 2.45) is 0 Å². The summed E-state index contributed by atoms with van der Waals surface area (Å²) in [6, 6.07) is 5.37. The van der Waals surface area contributed by atoms with E-state index in [-0.39, 0.29) is 5.75 Å². The van der Waals surface area contributed by atoms with E-state index in [1.807, 2.05) is 0 Å². The first kappa shape index (κ1) is 22.6. The first-order valence-corrected chi connectivity index (χ1v) is 10.4. The Morgan fingerprint density at radius 3 is 1.86 bits per heavy atom. The zero-order valence-corrected chi connectivity index (χ0v) is 16.0. The Kier molecular flexibility index (Phi) is 6.25. The number of hydrogen-bond donors (Lipinski definition) is 1. The molecule has 0 fully saturated rings. The summed E-state index contributed by atoms with van der Waals surface area (Å²) in [6.07, 6.45) is 1.47. The molecule has 0 saturated carbocycles. The fourth-order valence-electron chi connectivity index (χ4n) is 2.01. The molecule has 0 saturated heterocycles. The molecule has 7 nitrogen and oxygen atoms in total. The molecule has 1 atom stereocenters. The van der Waals surface area contributed by atoms with E-state index < -0.39 is 59.6 Å². The Morgan fingerprint density at radius 1 is 0.966 bits per heavy atom. The van der Waals surface area contributed by atoms with Gasteiger partial charge in [-0.15, -0.1) is 0 Å². The summed E-state index contributed by atoms with van der Waals surface area (Å²) in [4.78, 5) is -2.28. The summed E-state index contributed by atoms with van der Waals surface area (Å²) in [7, 11) is -10.4. The minimum atomic E-state index is -5.66. The minimum absolute atomic E-state index is 0.203. The molecule has 13 heteroatoms. The lowest BCUT2D eigenvalue weighted by Crippen LogP contribution is -2.29. The summed E-state index contributed by atoms with van der Waals surface area (Å²) in [5, 5.41) is 0. The van der Waals surface area contributed by atoms with Crippen LogP contribution in [0.1, 0.15) is 12.5 Å². The number of rotatable bonds is 7. The van der Waals surface area contributed by atoms with Crippen LogP contribution in [-0.2, 0) is 20.2 Å². The van der Waals surface area contributed by atoms with Gasteiger partial charge in [0, 0.05) is 0 Å². The maximum Gasteiger partial charge on any atom is 0.347 e. The summed E-state index contributed by atoms with van der Waals surface area (Å²) in [5.41, 5.74) is -1.55. The van der Waals surface area contributed by atoms with E-state index in [9.17, 15) is 34.4 Å². The van der Waals surface area contributed by atoms with Crippen LogP contribution in [0.25, 0.3) is 6.08 Å². The monoisotopic (exact) mass is 456 g/mol. The standard InChI is InChI=1S/C16H12F4O7S2/c1-3-9-4-6-10(7-5-9)27-29(24,25)8(2)26-15-11(17)13(19)16(28(21,22)23)14(20)12(15)18/h3-8H,1H2,2H3,(H,21,22,23). The Bertz CT molecular complexity index is 1130. The highest BCUT2D eigenvalue weighted by Gasteiger charge is 2.35. The third kappa shape index (κ3) is 4.68. The van der Waals surface area contributed by atoms with E-state index in [4.69, 9.17) is 8.74 Å². The van der Waals surface area contributed by atoms with Gasteiger partial charge in [0.15, 0.2) is 22.3 Å². The highest BCUT2D eigenvalue weighted by Crippen LogP contribution is 2.33. The predicted octanol–water partition coefficient (Wildman–Crippen LogP) is 3.27. The van der Waals surface area contributed by atoms with Crippen molar-refractivity contribution in [3.05, 3.63) is 59.7 Å². The SMILES string of the molecule is C=Cc1ccc(OS(=O)(=O)C(C)Oc2c(F)c(F)c(S(=O)(=O)O)c(F)c2F)cc1. The quantitative estimate of drug-likeness (QED) is 0.295. The van der Waals surface area contributed by atoms with Crippen LogP contribution in [-0.4, -0.2) is 26.8 Å². The van der Waals surface area contributed by atoms with Gasteiger partial charge in [0.2, 0.25) is 17.1 Å². The second kappa shape index (κ2) is 8.00. The van der Waals surface area contributed by atoms with Crippen LogP contribution < -0.4 is 8.92 Å². The van der Waals surface area contributed by atoms with Gasteiger partial charge in [-0.1, -0.05) is 24.8 Å². The molecule has 2 aromatic carbocycles. The molecule has 0 bridgehead atoms. The Balaban J connectivity index is 2.38. The normalized spacial score (nSPS) is 13.0. The minimum Gasteiger partial charge on any atom is -0.465 e. The summed E-state index contributed by atoms with van der Waals surface area (Å²) < 4.78 is 119. The smallest absolute Gasteiger partial charge is 0.347 e. The van der Waals surface area contributed by atoms with Crippen molar-refractivity contribution in [2.75, 3.05) is 0 Å². The first-order chi connectivity index (χ1) is 13.3. The lowest BCUT2D eigenvalue weighted by molar-refractivity contribution is 0.239. The predicted molar refractivity (Wildman–Crippen MR) is 92.3 cm³/mol. The van der Waals surface area contributed by atoms with Crippen molar-refractivity contribution >= 4 is 26.3 Å². The number of benzene rings is 2. The van der Waals surface area contributed by atoms with E-state index in [1.54, 1.807) is 0 Å². The Hall–Kier alpha value is -2.64. The molecule has 0 amide bonds. The van der Waals surface area contributed by atoms with Gasteiger partial charge in [-0.05, 0) is 24.6 Å². The summed E-state index contributed by atoms with van der Waals surface area (Å²) in [5.74, 6) is -11.8. The van der Waals surface area contributed by atoms with E-state index in [0.717, 1.165) is 6.92 Å². The second-order valence-corrected chi connectivity index (χ2v) is 8.60. The van der Waals surface area contributed by atoms with Crippen LogP contribution in [0, 0.1) is 23.3 Å². The maximum atomic E-state index is 14.0. The first-order valence-electron chi connectivity index (χ1n) is 7.45. The van der Waals surface area contributed by atoms with E-state index in [0.29, 0.717) is 5.56 Å². The zero-order chi connectivity index (χ0) is 22.1. The van der Waals surface area contributed by atoms with Gasteiger partial charge < -0.3 is 8.92 Å². The lowest BCUT2D eigenvalue weighted by atomic mass is 10.2. The van der Waals surface area contributed by atoms with Crippen LogP contribution in [0.2, 0.25) is 0 Å². The second-order valence-electron chi connectivity index (χ2n) is 5.42. The molecule has 158 valence electrons. The average Bonchev–Trinajstić information content (AvgIpc) is 2.62. The van der Waals surface area contributed by atoms with Crippen LogP contribution in [0.5, 0.6) is 11.5 Å². The molecule has 0 aromatic heterocycles. The van der Waals surface area contributed by atoms with Gasteiger partial charge in [-0.25, -0.2) is 8.78 Å². The number of halogens is 4. The highest BCUT2D eigenvalue weighted by molar-refractivity contribution is 7.87.